The Hall–Kier alpha value is -0.800. The first kappa shape index (κ1) is 14.3. The molecule has 0 aliphatic heterocycles. The Morgan fingerprint density at radius 1 is 1.53 bits per heavy atom. The van der Waals surface area contributed by atoms with Gasteiger partial charge in [0.15, 0.2) is 0 Å². The van der Waals surface area contributed by atoms with Crippen LogP contribution in [0.5, 0.6) is 5.75 Å². The minimum Gasteiger partial charge on any atom is -0.493 e. The van der Waals surface area contributed by atoms with Crippen LogP contribution in [-0.4, -0.2) is 13.2 Å². The van der Waals surface area contributed by atoms with Crippen molar-refractivity contribution in [3.8, 4) is 5.75 Å². The molecule has 0 saturated heterocycles. The van der Waals surface area contributed by atoms with Crippen LogP contribution < -0.4 is 10.1 Å². The van der Waals surface area contributed by atoms with Gasteiger partial charge in [0, 0.05) is 16.1 Å². The first-order valence-electron chi connectivity index (χ1n) is 5.95. The Kier molecular flexibility index (Phi) is 6.30. The zero-order chi connectivity index (χ0) is 12.7. The lowest BCUT2D eigenvalue weighted by atomic mass is 10.1. The minimum absolute atomic E-state index is 0.288. The van der Waals surface area contributed by atoms with Gasteiger partial charge in [0.2, 0.25) is 0 Å². The third-order valence-corrected chi connectivity index (χ3v) is 3.02. The quantitative estimate of drug-likeness (QED) is 0.605. The molecule has 1 aromatic carbocycles. The zero-order valence-corrected chi connectivity index (χ0v) is 12.1. The standard InChI is InChI=1S/C14H20BrNO/c1-4-6-9-17-14-8-7-12(15)10-13(14)11(3)16-5-2/h4,7-8,10-11,16H,1,5-6,9H2,2-3H3. The van der Waals surface area contributed by atoms with E-state index in [1.807, 2.05) is 18.2 Å². The maximum absolute atomic E-state index is 5.77. The summed E-state index contributed by atoms with van der Waals surface area (Å²) in [5.41, 5.74) is 1.19. The topological polar surface area (TPSA) is 21.3 Å². The van der Waals surface area contributed by atoms with Crippen LogP contribution >= 0.6 is 15.9 Å². The maximum atomic E-state index is 5.77. The Labute approximate surface area is 112 Å². The molecule has 1 N–H and O–H groups in total. The Morgan fingerprint density at radius 3 is 2.94 bits per heavy atom. The van der Waals surface area contributed by atoms with Gasteiger partial charge in [-0.1, -0.05) is 28.9 Å². The number of halogens is 1. The number of nitrogens with one attached hydrogen (secondary N) is 1. The van der Waals surface area contributed by atoms with Crippen molar-refractivity contribution in [2.45, 2.75) is 26.3 Å². The number of ether oxygens (including phenoxy) is 1. The predicted octanol–water partition coefficient (Wildman–Crippen LogP) is 4.07. The van der Waals surface area contributed by atoms with E-state index >= 15 is 0 Å². The van der Waals surface area contributed by atoms with Crippen molar-refractivity contribution in [3.63, 3.8) is 0 Å². The normalized spacial score (nSPS) is 12.2. The second kappa shape index (κ2) is 7.51. The fourth-order valence-electron chi connectivity index (χ4n) is 1.66. The van der Waals surface area contributed by atoms with Gasteiger partial charge in [0.05, 0.1) is 6.61 Å². The Balaban J connectivity index is 2.82. The second-order valence-electron chi connectivity index (χ2n) is 3.89. The summed E-state index contributed by atoms with van der Waals surface area (Å²) >= 11 is 3.50. The summed E-state index contributed by atoms with van der Waals surface area (Å²) in [6.45, 7) is 9.56. The van der Waals surface area contributed by atoms with Gasteiger partial charge in [-0.3, -0.25) is 0 Å². The molecule has 0 aromatic heterocycles. The molecule has 0 heterocycles. The smallest absolute Gasteiger partial charge is 0.124 e. The van der Waals surface area contributed by atoms with Gasteiger partial charge in [-0.05, 0) is 38.1 Å². The highest BCUT2D eigenvalue weighted by Gasteiger charge is 2.11. The van der Waals surface area contributed by atoms with Crippen molar-refractivity contribution in [1.29, 1.82) is 0 Å². The van der Waals surface area contributed by atoms with E-state index < -0.39 is 0 Å². The third kappa shape index (κ3) is 4.52. The predicted molar refractivity (Wildman–Crippen MR) is 76.5 cm³/mol. The average Bonchev–Trinajstić information content (AvgIpc) is 2.31. The van der Waals surface area contributed by atoms with Crippen LogP contribution in [0.1, 0.15) is 31.9 Å². The number of benzene rings is 1. The van der Waals surface area contributed by atoms with E-state index in [1.165, 1.54) is 5.56 Å². The van der Waals surface area contributed by atoms with E-state index in [1.54, 1.807) is 0 Å². The molecule has 1 atom stereocenters. The van der Waals surface area contributed by atoms with Crippen LogP contribution in [-0.2, 0) is 0 Å². The summed E-state index contributed by atoms with van der Waals surface area (Å²) in [5, 5.41) is 3.40. The fraction of sp³-hybridized carbons (Fsp3) is 0.429. The molecule has 2 nitrogen and oxygen atoms in total. The lowest BCUT2D eigenvalue weighted by Gasteiger charge is -2.18. The largest absolute Gasteiger partial charge is 0.493 e. The molecule has 1 aromatic rings. The van der Waals surface area contributed by atoms with Gasteiger partial charge >= 0.3 is 0 Å². The zero-order valence-electron chi connectivity index (χ0n) is 10.5. The molecular weight excluding hydrogens is 278 g/mol. The molecule has 1 rings (SSSR count). The summed E-state index contributed by atoms with van der Waals surface area (Å²) in [6.07, 6.45) is 2.73. The van der Waals surface area contributed by atoms with E-state index in [4.69, 9.17) is 4.74 Å². The minimum atomic E-state index is 0.288. The van der Waals surface area contributed by atoms with Gasteiger partial charge in [-0.15, -0.1) is 6.58 Å². The van der Waals surface area contributed by atoms with E-state index in [0.717, 1.165) is 23.2 Å². The van der Waals surface area contributed by atoms with Gasteiger partial charge in [0.1, 0.15) is 5.75 Å². The summed E-state index contributed by atoms with van der Waals surface area (Å²) in [4.78, 5) is 0. The maximum Gasteiger partial charge on any atom is 0.124 e. The molecule has 94 valence electrons. The van der Waals surface area contributed by atoms with E-state index in [9.17, 15) is 0 Å². The van der Waals surface area contributed by atoms with Crippen LogP contribution in [0.15, 0.2) is 35.3 Å². The van der Waals surface area contributed by atoms with Crippen molar-refractivity contribution < 1.29 is 4.74 Å². The monoisotopic (exact) mass is 297 g/mol. The molecule has 0 saturated carbocycles. The van der Waals surface area contributed by atoms with Crippen LogP contribution in [0.25, 0.3) is 0 Å². The summed E-state index contributed by atoms with van der Waals surface area (Å²) in [7, 11) is 0. The molecule has 17 heavy (non-hydrogen) atoms. The second-order valence-corrected chi connectivity index (χ2v) is 4.80. The summed E-state index contributed by atoms with van der Waals surface area (Å²) in [6, 6.07) is 6.41. The molecule has 0 aliphatic rings. The fourth-order valence-corrected chi connectivity index (χ4v) is 2.04. The molecule has 0 fully saturated rings. The first-order chi connectivity index (χ1) is 8.19. The van der Waals surface area contributed by atoms with Gasteiger partial charge in [-0.25, -0.2) is 0 Å². The van der Waals surface area contributed by atoms with Crippen molar-refractivity contribution in [2.24, 2.45) is 0 Å². The number of rotatable bonds is 7. The molecule has 0 aliphatic carbocycles. The van der Waals surface area contributed by atoms with Gasteiger partial charge in [0.25, 0.3) is 0 Å². The molecule has 0 radical (unpaired) electrons. The van der Waals surface area contributed by atoms with Crippen molar-refractivity contribution in [3.05, 3.63) is 40.9 Å². The van der Waals surface area contributed by atoms with Gasteiger partial charge in [-0.2, -0.15) is 0 Å². The van der Waals surface area contributed by atoms with Crippen LogP contribution in [0.2, 0.25) is 0 Å². The third-order valence-electron chi connectivity index (χ3n) is 2.53. The lowest BCUT2D eigenvalue weighted by Crippen LogP contribution is -2.18. The summed E-state index contributed by atoms with van der Waals surface area (Å²) < 4.78 is 6.85. The molecule has 1 unspecified atom stereocenters. The average molecular weight is 298 g/mol. The van der Waals surface area contributed by atoms with Crippen molar-refractivity contribution in [2.75, 3.05) is 13.2 Å². The highest BCUT2D eigenvalue weighted by molar-refractivity contribution is 9.10. The van der Waals surface area contributed by atoms with Crippen LogP contribution in [0, 0.1) is 0 Å². The van der Waals surface area contributed by atoms with Crippen molar-refractivity contribution in [1.82, 2.24) is 5.32 Å². The van der Waals surface area contributed by atoms with E-state index in [-0.39, 0.29) is 6.04 Å². The summed E-state index contributed by atoms with van der Waals surface area (Å²) in [5.74, 6) is 0.948. The lowest BCUT2D eigenvalue weighted by molar-refractivity contribution is 0.318. The van der Waals surface area contributed by atoms with E-state index in [0.29, 0.717) is 6.61 Å². The Bertz CT molecular complexity index is 365. The highest BCUT2D eigenvalue weighted by Crippen LogP contribution is 2.28. The molecule has 3 heteroatoms. The van der Waals surface area contributed by atoms with Crippen LogP contribution in [0.3, 0.4) is 0 Å². The highest BCUT2D eigenvalue weighted by atomic mass is 79.9. The molecular formula is C14H20BrNO. The van der Waals surface area contributed by atoms with E-state index in [2.05, 4.69) is 47.7 Å². The number of hydrogen-bond donors (Lipinski definition) is 1. The first-order valence-corrected chi connectivity index (χ1v) is 6.74. The van der Waals surface area contributed by atoms with Crippen LogP contribution in [0.4, 0.5) is 0 Å². The SMILES string of the molecule is C=CCCOc1ccc(Br)cc1C(C)NCC. The van der Waals surface area contributed by atoms with Crippen molar-refractivity contribution >= 4 is 15.9 Å². The molecule has 0 bridgehead atoms. The Morgan fingerprint density at radius 2 is 2.29 bits per heavy atom. The number of hydrogen-bond acceptors (Lipinski definition) is 2. The molecule has 0 amide bonds. The van der Waals surface area contributed by atoms with Gasteiger partial charge < -0.3 is 10.1 Å². The molecule has 0 spiro atoms.